The number of nitrogens with one attached hydrogen (secondary N) is 2. The Morgan fingerprint density at radius 3 is 1.07 bits per heavy atom. The van der Waals surface area contributed by atoms with E-state index in [1.165, 1.54) is 27.7 Å². The number of hydrogen-bond donors (Lipinski definition) is 2. The molecule has 6 aromatic rings. The molecule has 308 valence electrons. The molecule has 2 atom stereocenters. The number of aromatic amines is 2. The Hall–Kier alpha value is -5.14. The van der Waals surface area contributed by atoms with Gasteiger partial charge in [-0.15, -0.1) is 0 Å². The number of hydrogen-bond acceptors (Lipinski definition) is 6. The van der Waals surface area contributed by atoms with Gasteiger partial charge in [0.05, 0.1) is 12.1 Å². The number of H-pyrrole nitrogens is 2. The minimum atomic E-state index is -9.83. The summed E-state index contributed by atoms with van der Waals surface area (Å²) in [7, 11) is -19.7. The van der Waals surface area contributed by atoms with Gasteiger partial charge in [-0.3, -0.25) is 9.59 Å². The summed E-state index contributed by atoms with van der Waals surface area (Å²) in [5, 5.41) is 6.48. The standard InChI is InChI=1S/2C15H13F7N4OS/c2*1-7(9-3-5-10(6-4-9)28(18,19,20,21)22)26-14-11(12(25-26)13(16)17)15(27)24-8(2)23-14/h2*3-7,13H,1-2H3,(H,23,24,27)/t2*7-/m10/s1. The van der Waals surface area contributed by atoms with Crippen LogP contribution in [-0.2, 0) is 0 Å². The molecule has 6 rings (SSSR count). The van der Waals surface area contributed by atoms with Crippen molar-refractivity contribution in [2.45, 2.75) is 62.4 Å². The Balaban J connectivity index is 0.000000214. The summed E-state index contributed by atoms with van der Waals surface area (Å²) in [6.45, 7) is 5.62. The van der Waals surface area contributed by atoms with Gasteiger partial charge in [-0.25, -0.2) is 36.9 Å². The molecular weight excluding hydrogens is 834 g/mol. The molecule has 0 spiro atoms. The van der Waals surface area contributed by atoms with E-state index < -0.39 is 88.5 Å². The lowest BCUT2D eigenvalue weighted by Gasteiger charge is -2.40. The highest BCUT2D eigenvalue weighted by Gasteiger charge is 2.66. The molecular formula is C30H26F14N8O2S2. The van der Waals surface area contributed by atoms with Gasteiger partial charge in [0, 0.05) is 0 Å². The van der Waals surface area contributed by atoms with Gasteiger partial charge in [-0.1, -0.05) is 63.1 Å². The van der Waals surface area contributed by atoms with Crippen LogP contribution < -0.4 is 11.1 Å². The third-order valence-electron chi connectivity index (χ3n) is 8.18. The quantitative estimate of drug-likeness (QED) is 0.147. The topological polar surface area (TPSA) is 127 Å². The monoisotopic (exact) mass is 860 g/mol. The summed E-state index contributed by atoms with van der Waals surface area (Å²) in [6.07, 6.45) is -6.20. The number of benzene rings is 2. The van der Waals surface area contributed by atoms with Gasteiger partial charge in [0.25, 0.3) is 24.0 Å². The number of fused-ring (bicyclic) bond motifs is 2. The van der Waals surface area contributed by atoms with Crippen LogP contribution in [0.25, 0.3) is 22.1 Å². The van der Waals surface area contributed by atoms with Gasteiger partial charge in [0.1, 0.15) is 43.6 Å². The first-order valence-electron chi connectivity index (χ1n) is 15.4. The third kappa shape index (κ3) is 8.48. The maximum absolute atomic E-state index is 13.3. The molecule has 4 heterocycles. The average molecular weight is 861 g/mol. The first-order valence-corrected chi connectivity index (χ1v) is 19.3. The van der Waals surface area contributed by atoms with E-state index in [-0.39, 0.29) is 58.3 Å². The van der Waals surface area contributed by atoms with E-state index in [1.54, 1.807) is 0 Å². The summed E-state index contributed by atoms with van der Waals surface area (Å²) < 4.78 is 183. The zero-order chi connectivity index (χ0) is 42.3. The van der Waals surface area contributed by atoms with Crippen LogP contribution in [0.4, 0.5) is 56.4 Å². The van der Waals surface area contributed by atoms with E-state index in [0.717, 1.165) is 33.6 Å². The van der Waals surface area contributed by atoms with Crippen molar-refractivity contribution < 1.29 is 56.4 Å². The smallest absolute Gasteiger partial charge is 0.310 e. The zero-order valence-electron chi connectivity index (χ0n) is 28.5. The molecule has 2 N–H and O–H groups in total. The van der Waals surface area contributed by atoms with Crippen LogP contribution in [-0.4, -0.2) is 39.5 Å². The van der Waals surface area contributed by atoms with Crippen LogP contribution in [0.2, 0.25) is 0 Å². The molecule has 0 aliphatic rings. The summed E-state index contributed by atoms with van der Waals surface area (Å²) in [4.78, 5) is 32.4. The average Bonchev–Trinajstić information content (AvgIpc) is 3.62. The molecule has 56 heavy (non-hydrogen) atoms. The molecule has 0 saturated carbocycles. The molecule has 26 heteroatoms. The lowest BCUT2D eigenvalue weighted by atomic mass is 10.1. The van der Waals surface area contributed by atoms with E-state index >= 15 is 0 Å². The molecule has 0 aliphatic carbocycles. The first kappa shape index (κ1) is 42.0. The lowest BCUT2D eigenvalue weighted by molar-refractivity contribution is 0.146. The van der Waals surface area contributed by atoms with Crippen molar-refractivity contribution in [1.29, 1.82) is 0 Å². The fraction of sp³-hybridized carbons (Fsp3) is 0.267. The highest BCUT2D eigenvalue weighted by atomic mass is 32.5. The van der Waals surface area contributed by atoms with Crippen molar-refractivity contribution in [3.8, 4) is 0 Å². The number of alkyl halides is 4. The Morgan fingerprint density at radius 1 is 0.536 bits per heavy atom. The number of aromatic nitrogens is 8. The summed E-state index contributed by atoms with van der Waals surface area (Å²) in [5.74, 6) is 0.228. The van der Waals surface area contributed by atoms with Crippen molar-refractivity contribution >= 4 is 42.5 Å². The normalized spacial score (nSPS) is 16.2. The number of nitrogens with zero attached hydrogens (tertiary/aromatic N) is 6. The van der Waals surface area contributed by atoms with Gasteiger partial charge >= 0.3 is 20.4 Å². The minimum Gasteiger partial charge on any atom is -0.310 e. The van der Waals surface area contributed by atoms with Gasteiger partial charge in [-0.2, -0.15) is 10.2 Å². The van der Waals surface area contributed by atoms with Crippen LogP contribution in [0, 0.1) is 13.8 Å². The Kier molecular flexibility index (Phi) is 9.14. The van der Waals surface area contributed by atoms with Crippen molar-refractivity contribution in [2.75, 3.05) is 0 Å². The van der Waals surface area contributed by atoms with Crippen LogP contribution in [0.5, 0.6) is 0 Å². The second-order valence-electron chi connectivity index (χ2n) is 12.4. The number of halogens is 14. The predicted molar refractivity (Wildman–Crippen MR) is 179 cm³/mol. The molecule has 0 bridgehead atoms. The highest BCUT2D eigenvalue weighted by Crippen LogP contribution is 3.02. The molecule has 0 unspecified atom stereocenters. The first-order chi connectivity index (χ1) is 25.2. The van der Waals surface area contributed by atoms with Gasteiger partial charge in [0.2, 0.25) is 0 Å². The largest absolute Gasteiger partial charge is 0.310 e. The molecule has 0 radical (unpaired) electrons. The van der Waals surface area contributed by atoms with Crippen molar-refractivity contribution in [3.63, 3.8) is 0 Å². The Morgan fingerprint density at radius 2 is 0.821 bits per heavy atom. The Bertz CT molecular complexity index is 2430. The Labute approximate surface area is 304 Å². The number of rotatable bonds is 8. The van der Waals surface area contributed by atoms with Crippen molar-refractivity contribution in [3.05, 3.63) is 103 Å². The second kappa shape index (κ2) is 12.2. The predicted octanol–water partition coefficient (Wildman–Crippen LogP) is 11.3. The van der Waals surface area contributed by atoms with E-state index in [9.17, 15) is 66.0 Å². The SMILES string of the molecule is Cc1nc2c(c(C(F)F)nn2[C@@H](C)c2ccc(S(F)(F)(F)(F)F)cc2)c(=O)[nH]1.Cc1nc2c(c(C(F)F)nn2[C@H](C)c2ccc(S(F)(F)(F)(F)F)cc2)c(=O)[nH]1. The molecule has 0 fully saturated rings. The van der Waals surface area contributed by atoms with Crippen LogP contribution in [0.15, 0.2) is 67.9 Å². The fourth-order valence-electron chi connectivity index (χ4n) is 5.50. The lowest BCUT2D eigenvalue weighted by Crippen LogP contribution is -2.13. The molecule has 0 saturated heterocycles. The van der Waals surface area contributed by atoms with E-state index in [2.05, 4.69) is 30.1 Å². The van der Waals surface area contributed by atoms with Crippen LogP contribution >= 0.6 is 20.4 Å². The summed E-state index contributed by atoms with van der Waals surface area (Å²) in [6, 6.07) is 2.16. The second-order valence-corrected chi connectivity index (χ2v) is 17.2. The maximum atomic E-state index is 13.3. The molecule has 4 aromatic heterocycles. The maximum Gasteiger partial charge on any atom is 0.310 e. The van der Waals surface area contributed by atoms with Crippen molar-refractivity contribution in [1.82, 2.24) is 39.5 Å². The van der Waals surface area contributed by atoms with Crippen LogP contribution in [0.3, 0.4) is 0 Å². The summed E-state index contributed by atoms with van der Waals surface area (Å²) in [5.41, 5.74) is -3.58. The van der Waals surface area contributed by atoms with E-state index in [4.69, 9.17) is 0 Å². The third-order valence-corrected chi connectivity index (χ3v) is 10.5. The van der Waals surface area contributed by atoms with Gasteiger partial charge in [0.15, 0.2) is 11.3 Å². The van der Waals surface area contributed by atoms with E-state index in [1.807, 2.05) is 0 Å². The molecule has 0 aliphatic heterocycles. The van der Waals surface area contributed by atoms with Crippen LogP contribution in [0.1, 0.15) is 72.9 Å². The molecule has 10 nitrogen and oxygen atoms in total. The minimum absolute atomic E-state index is 0.0792. The fourth-order valence-corrected chi connectivity index (χ4v) is 6.80. The van der Waals surface area contributed by atoms with Crippen molar-refractivity contribution in [2.24, 2.45) is 0 Å². The van der Waals surface area contributed by atoms with Gasteiger partial charge < -0.3 is 9.97 Å². The van der Waals surface area contributed by atoms with Gasteiger partial charge in [-0.05, 0) is 63.1 Å². The zero-order valence-corrected chi connectivity index (χ0v) is 30.2. The highest BCUT2D eigenvalue weighted by molar-refractivity contribution is 8.46. The molecule has 2 aromatic carbocycles. The summed E-state index contributed by atoms with van der Waals surface area (Å²) >= 11 is 0. The van der Waals surface area contributed by atoms with E-state index in [0.29, 0.717) is 0 Å². The number of aryl methyl sites for hydroxylation is 2. The molecule has 0 amide bonds.